The van der Waals surface area contributed by atoms with Crippen LogP contribution in [0.25, 0.3) is 0 Å². The Morgan fingerprint density at radius 2 is 1.83 bits per heavy atom. The van der Waals surface area contributed by atoms with Crippen molar-refractivity contribution in [1.82, 2.24) is 0 Å². The fourth-order valence-corrected chi connectivity index (χ4v) is 3.39. The normalized spacial score (nSPS) is 13.3. The number of fused-ring (bicyclic) bond motifs is 1. The topological polar surface area (TPSA) is 61.8 Å². The van der Waals surface area contributed by atoms with Crippen LogP contribution in [0.2, 0.25) is 0 Å². The molecule has 0 bridgehead atoms. The molecule has 3 aromatic carbocycles. The third-order valence-corrected chi connectivity index (χ3v) is 4.83. The van der Waals surface area contributed by atoms with Crippen LogP contribution in [-0.2, 0) is 9.59 Å². The van der Waals surface area contributed by atoms with Crippen LogP contribution >= 0.6 is 0 Å². The molecule has 0 saturated carbocycles. The zero-order valence-electron chi connectivity index (χ0n) is 16.4. The van der Waals surface area contributed by atoms with Gasteiger partial charge in [0.05, 0.1) is 23.5 Å². The summed E-state index contributed by atoms with van der Waals surface area (Å²) in [5.41, 5.74) is 4.07. The number of benzene rings is 3. The van der Waals surface area contributed by atoms with Crippen LogP contribution in [0.1, 0.15) is 17.5 Å². The third kappa shape index (κ3) is 4.27. The number of para-hydroxylation sites is 2. The second-order valence-electron chi connectivity index (χ2n) is 7.13. The molecule has 3 aromatic rings. The number of hydrogen-bond acceptors (Lipinski definition) is 3. The first-order valence-corrected chi connectivity index (χ1v) is 9.59. The Morgan fingerprint density at radius 1 is 1.07 bits per heavy atom. The minimum Gasteiger partial charge on any atom is -0.325 e. The number of nitrogens with zero attached hydrogens (tertiary/aromatic N) is 2. The summed E-state index contributed by atoms with van der Waals surface area (Å²) in [5.74, 6) is -0.898. The van der Waals surface area contributed by atoms with E-state index in [0.717, 1.165) is 5.56 Å². The Morgan fingerprint density at radius 3 is 2.60 bits per heavy atom. The molecule has 5 nitrogen and oxygen atoms in total. The highest BCUT2D eigenvalue weighted by Gasteiger charge is 2.26. The van der Waals surface area contributed by atoms with E-state index in [4.69, 9.17) is 0 Å². The number of carbonyl (C=O) groups excluding carboxylic acids is 2. The highest BCUT2D eigenvalue weighted by atomic mass is 19.1. The van der Waals surface area contributed by atoms with Gasteiger partial charge in [0, 0.05) is 5.69 Å². The second-order valence-corrected chi connectivity index (χ2v) is 7.13. The molecule has 4 rings (SSSR count). The largest absolute Gasteiger partial charge is 0.325 e. The summed E-state index contributed by atoms with van der Waals surface area (Å²) in [5, 5.41) is 2.84. The molecule has 1 N–H and O–H groups in total. The molecule has 150 valence electrons. The summed E-state index contributed by atoms with van der Waals surface area (Å²) in [6.07, 6.45) is 0.0119. The summed E-state index contributed by atoms with van der Waals surface area (Å²) in [6.45, 7) is 1.81. The van der Waals surface area contributed by atoms with Crippen molar-refractivity contribution in [2.24, 2.45) is 4.99 Å². The Bertz CT molecular complexity index is 1140. The molecule has 30 heavy (non-hydrogen) atoms. The number of hydrogen-bond donors (Lipinski definition) is 1. The van der Waals surface area contributed by atoms with E-state index >= 15 is 0 Å². The summed E-state index contributed by atoms with van der Waals surface area (Å²) in [6, 6.07) is 20.5. The van der Waals surface area contributed by atoms with E-state index in [1.807, 2.05) is 31.2 Å². The summed E-state index contributed by atoms with van der Waals surface area (Å²) in [7, 11) is 0. The van der Waals surface area contributed by atoms with Crippen LogP contribution < -0.4 is 10.2 Å². The molecule has 0 saturated heterocycles. The molecule has 0 spiro atoms. The van der Waals surface area contributed by atoms with E-state index in [-0.39, 0.29) is 30.6 Å². The Balaban J connectivity index is 1.61. The zero-order chi connectivity index (χ0) is 21.1. The molecular formula is C24H20FN3O2. The van der Waals surface area contributed by atoms with Gasteiger partial charge in [-0.1, -0.05) is 36.4 Å². The fourth-order valence-electron chi connectivity index (χ4n) is 3.39. The van der Waals surface area contributed by atoms with E-state index < -0.39 is 0 Å². The second kappa shape index (κ2) is 8.29. The lowest BCUT2D eigenvalue weighted by molar-refractivity contribution is -0.120. The van der Waals surface area contributed by atoms with Gasteiger partial charge in [0.15, 0.2) is 0 Å². The quantitative estimate of drug-likeness (QED) is 0.693. The number of amides is 2. The van der Waals surface area contributed by atoms with Crippen LogP contribution in [0.15, 0.2) is 77.8 Å². The monoisotopic (exact) mass is 401 g/mol. The number of aryl methyl sites for hydroxylation is 1. The van der Waals surface area contributed by atoms with Crippen molar-refractivity contribution in [2.75, 3.05) is 16.8 Å². The molecule has 6 heteroatoms. The Kier molecular flexibility index (Phi) is 5.39. The first-order chi connectivity index (χ1) is 14.5. The van der Waals surface area contributed by atoms with Crippen LogP contribution in [0.3, 0.4) is 0 Å². The molecule has 0 radical (unpaired) electrons. The van der Waals surface area contributed by atoms with E-state index in [1.54, 1.807) is 36.4 Å². The van der Waals surface area contributed by atoms with Gasteiger partial charge in [-0.15, -0.1) is 0 Å². The molecule has 0 unspecified atom stereocenters. The van der Waals surface area contributed by atoms with Crippen molar-refractivity contribution < 1.29 is 14.0 Å². The zero-order valence-corrected chi connectivity index (χ0v) is 16.4. The fraction of sp³-hybridized carbons (Fsp3) is 0.125. The van der Waals surface area contributed by atoms with Crippen molar-refractivity contribution in [1.29, 1.82) is 0 Å². The minimum absolute atomic E-state index is 0.0119. The van der Waals surface area contributed by atoms with Crippen molar-refractivity contribution in [2.45, 2.75) is 13.3 Å². The molecule has 1 aliphatic heterocycles. The number of rotatable bonds is 4. The van der Waals surface area contributed by atoms with E-state index in [2.05, 4.69) is 10.3 Å². The van der Waals surface area contributed by atoms with Gasteiger partial charge in [-0.2, -0.15) is 0 Å². The van der Waals surface area contributed by atoms with E-state index in [1.165, 1.54) is 17.0 Å². The molecule has 1 aliphatic rings. The summed E-state index contributed by atoms with van der Waals surface area (Å²) in [4.78, 5) is 31.8. The maximum absolute atomic E-state index is 13.3. The van der Waals surface area contributed by atoms with E-state index in [0.29, 0.717) is 28.3 Å². The Labute approximate surface area is 173 Å². The van der Waals surface area contributed by atoms with Crippen molar-refractivity contribution in [3.8, 4) is 0 Å². The molecule has 0 atom stereocenters. The van der Waals surface area contributed by atoms with Crippen molar-refractivity contribution in [3.05, 3.63) is 89.7 Å². The smallest absolute Gasteiger partial charge is 0.244 e. The predicted octanol–water partition coefficient (Wildman–Crippen LogP) is 4.63. The molecule has 1 heterocycles. The summed E-state index contributed by atoms with van der Waals surface area (Å²) >= 11 is 0. The van der Waals surface area contributed by atoms with Crippen LogP contribution in [0.4, 0.5) is 21.5 Å². The standard InChI is InChI=1S/C24H20FN3O2/c1-16-5-4-6-19(13-16)26-23(29)15-28-22-8-3-2-7-20(22)27-21(14-24(28)30)17-9-11-18(25)12-10-17/h2-13H,14-15H2,1H3,(H,26,29). The van der Waals surface area contributed by atoms with Gasteiger partial charge in [0.1, 0.15) is 12.4 Å². The number of halogens is 1. The maximum atomic E-state index is 13.3. The van der Waals surface area contributed by atoms with Crippen LogP contribution in [0.5, 0.6) is 0 Å². The predicted molar refractivity (Wildman–Crippen MR) is 116 cm³/mol. The lowest BCUT2D eigenvalue weighted by Crippen LogP contribution is -2.38. The Hall–Kier alpha value is -3.80. The van der Waals surface area contributed by atoms with E-state index in [9.17, 15) is 14.0 Å². The highest BCUT2D eigenvalue weighted by molar-refractivity contribution is 6.18. The molecule has 0 fully saturated rings. The summed E-state index contributed by atoms with van der Waals surface area (Å²) < 4.78 is 13.3. The van der Waals surface area contributed by atoms with Crippen LogP contribution in [-0.4, -0.2) is 24.1 Å². The van der Waals surface area contributed by atoms with Gasteiger partial charge in [0.25, 0.3) is 0 Å². The molecule has 0 aromatic heterocycles. The third-order valence-electron chi connectivity index (χ3n) is 4.83. The SMILES string of the molecule is Cc1cccc(NC(=O)CN2C(=O)CC(c3ccc(F)cc3)=Nc3ccccc32)c1. The maximum Gasteiger partial charge on any atom is 0.244 e. The van der Waals surface area contributed by atoms with Crippen molar-refractivity contribution in [3.63, 3.8) is 0 Å². The first-order valence-electron chi connectivity index (χ1n) is 9.59. The van der Waals surface area contributed by atoms with Gasteiger partial charge in [-0.3, -0.25) is 14.6 Å². The van der Waals surface area contributed by atoms with Gasteiger partial charge in [-0.25, -0.2) is 4.39 Å². The lowest BCUT2D eigenvalue weighted by atomic mass is 10.1. The highest BCUT2D eigenvalue weighted by Crippen LogP contribution is 2.32. The first kappa shape index (κ1) is 19.5. The number of carbonyl (C=O) groups is 2. The van der Waals surface area contributed by atoms with Gasteiger partial charge < -0.3 is 10.2 Å². The van der Waals surface area contributed by atoms with Crippen molar-refractivity contribution >= 4 is 34.6 Å². The number of anilines is 2. The van der Waals surface area contributed by atoms with Crippen LogP contribution in [0, 0.1) is 12.7 Å². The van der Waals surface area contributed by atoms with Gasteiger partial charge in [0.2, 0.25) is 11.8 Å². The number of aliphatic imine (C=N–C) groups is 1. The minimum atomic E-state index is -0.353. The number of nitrogens with one attached hydrogen (secondary N) is 1. The average Bonchev–Trinajstić information content (AvgIpc) is 2.85. The molecular weight excluding hydrogens is 381 g/mol. The molecule has 0 aliphatic carbocycles. The lowest BCUT2D eigenvalue weighted by Gasteiger charge is -2.22. The van der Waals surface area contributed by atoms with Gasteiger partial charge >= 0.3 is 0 Å². The molecule has 2 amide bonds. The van der Waals surface area contributed by atoms with Gasteiger partial charge in [-0.05, 0) is 54.4 Å². The average molecular weight is 401 g/mol.